The summed E-state index contributed by atoms with van der Waals surface area (Å²) in [5.74, 6) is -3.16. The average molecular weight is 508 g/mol. The molecule has 2 unspecified atom stereocenters. The molecule has 1 saturated heterocycles. The molecular formula is C21H22F6N4O2S. The molecule has 2 aromatic rings. The topological polar surface area (TPSA) is 77.3 Å². The first-order valence-corrected chi connectivity index (χ1v) is 12.1. The van der Waals surface area contributed by atoms with E-state index >= 15 is 0 Å². The van der Waals surface area contributed by atoms with Crippen LogP contribution in [0, 0.1) is 17.3 Å². The van der Waals surface area contributed by atoms with Crippen molar-refractivity contribution in [3.8, 4) is 6.19 Å². The van der Waals surface area contributed by atoms with Crippen molar-refractivity contribution in [2.24, 2.45) is 0 Å². The standard InChI is InChI=1S/C19H16F6N4O2S.C2H6/c20-15-9-14(5-6-18(15)32(21,22,23,24)25)29(17(11-30)13-3-1-7-27-10-13)19(31)16-4-2-8-28(16)12-26;1-2/h1,3,5-7,9-11,16-17H,2,4,8H2;1-2H3. The second kappa shape index (κ2) is 9.17. The number of anilines is 1. The van der Waals surface area contributed by atoms with E-state index in [4.69, 9.17) is 0 Å². The quantitative estimate of drug-likeness (QED) is 0.267. The summed E-state index contributed by atoms with van der Waals surface area (Å²) in [4.78, 5) is 28.1. The fourth-order valence-corrected chi connectivity index (χ4v) is 4.27. The minimum absolute atomic E-state index is 0.129. The van der Waals surface area contributed by atoms with Crippen LogP contribution >= 0.6 is 10.2 Å². The van der Waals surface area contributed by atoms with Gasteiger partial charge in [0.05, 0.1) is 0 Å². The summed E-state index contributed by atoms with van der Waals surface area (Å²) in [5, 5.41) is 9.24. The highest BCUT2D eigenvalue weighted by Crippen LogP contribution is 3.02. The third-order valence-electron chi connectivity index (χ3n) is 4.95. The van der Waals surface area contributed by atoms with Crippen LogP contribution in [0.4, 0.5) is 29.5 Å². The Labute approximate surface area is 192 Å². The van der Waals surface area contributed by atoms with E-state index in [1.165, 1.54) is 24.5 Å². The highest BCUT2D eigenvalue weighted by molar-refractivity contribution is 8.45. The molecule has 1 aromatic carbocycles. The van der Waals surface area contributed by atoms with Gasteiger partial charge in [-0.2, -0.15) is 5.26 Å². The molecule has 1 aliphatic heterocycles. The van der Waals surface area contributed by atoms with E-state index in [9.17, 15) is 38.7 Å². The van der Waals surface area contributed by atoms with Gasteiger partial charge in [-0.05, 0) is 37.1 Å². The Balaban J connectivity index is 0.00000199. The zero-order valence-corrected chi connectivity index (χ0v) is 19.0. The zero-order chi connectivity index (χ0) is 25.8. The van der Waals surface area contributed by atoms with E-state index < -0.39 is 44.6 Å². The van der Waals surface area contributed by atoms with Crippen molar-refractivity contribution in [2.45, 2.75) is 43.7 Å². The Morgan fingerprint density at radius 2 is 1.94 bits per heavy atom. The predicted molar refractivity (Wildman–Crippen MR) is 115 cm³/mol. The molecule has 0 radical (unpaired) electrons. The lowest BCUT2D eigenvalue weighted by atomic mass is 10.0. The number of likely N-dealkylation sites (tertiary alicyclic amines) is 1. The van der Waals surface area contributed by atoms with Crippen LogP contribution in [0.15, 0.2) is 47.6 Å². The van der Waals surface area contributed by atoms with Crippen molar-refractivity contribution < 1.29 is 33.4 Å². The molecule has 6 nitrogen and oxygen atoms in total. The zero-order valence-electron chi connectivity index (χ0n) is 18.2. The van der Waals surface area contributed by atoms with Crippen LogP contribution in [0.3, 0.4) is 0 Å². The molecule has 2 heterocycles. The van der Waals surface area contributed by atoms with Gasteiger partial charge in [0.25, 0.3) is 5.91 Å². The maximum Gasteiger partial charge on any atom is 0.313 e. The number of hydrogen-bond acceptors (Lipinski definition) is 5. The van der Waals surface area contributed by atoms with Crippen molar-refractivity contribution in [3.63, 3.8) is 0 Å². The maximum atomic E-state index is 14.3. The molecule has 34 heavy (non-hydrogen) atoms. The van der Waals surface area contributed by atoms with Crippen LogP contribution in [-0.2, 0) is 9.59 Å². The second-order valence-corrected chi connectivity index (χ2v) is 9.49. The number of nitriles is 1. The fraction of sp³-hybridized carbons (Fsp3) is 0.333. The molecule has 186 valence electrons. The largest absolute Gasteiger partial charge is 0.313 e. The van der Waals surface area contributed by atoms with Gasteiger partial charge in [0.15, 0.2) is 6.19 Å². The van der Waals surface area contributed by atoms with Crippen LogP contribution in [0.2, 0.25) is 0 Å². The Hall–Kier alpha value is -3.27. The minimum atomic E-state index is -10.3. The first-order valence-electron chi connectivity index (χ1n) is 10.1. The lowest BCUT2D eigenvalue weighted by Crippen LogP contribution is -2.46. The minimum Gasteiger partial charge on any atom is -0.301 e. The van der Waals surface area contributed by atoms with Crippen LogP contribution in [0.25, 0.3) is 0 Å². The molecule has 3 rings (SSSR count). The number of aromatic nitrogens is 1. The van der Waals surface area contributed by atoms with Gasteiger partial charge in [-0.15, -0.1) is 0 Å². The van der Waals surface area contributed by atoms with Gasteiger partial charge in [0, 0.05) is 30.2 Å². The molecule has 0 aliphatic carbocycles. The molecule has 0 bridgehead atoms. The van der Waals surface area contributed by atoms with Crippen molar-refractivity contribution in [3.05, 3.63) is 54.1 Å². The summed E-state index contributed by atoms with van der Waals surface area (Å²) in [6.07, 6.45) is 5.35. The van der Waals surface area contributed by atoms with E-state index in [-0.39, 0.29) is 36.9 Å². The number of aldehydes is 1. The van der Waals surface area contributed by atoms with Gasteiger partial charge < -0.3 is 4.79 Å². The molecule has 0 N–H and O–H groups in total. The molecular weight excluding hydrogens is 486 g/mol. The van der Waals surface area contributed by atoms with Crippen molar-refractivity contribution in [1.29, 1.82) is 5.26 Å². The highest BCUT2D eigenvalue weighted by Gasteiger charge is 2.67. The average Bonchev–Trinajstić information content (AvgIpc) is 3.26. The Bertz CT molecular complexity index is 1090. The predicted octanol–water partition coefficient (Wildman–Crippen LogP) is 6.12. The van der Waals surface area contributed by atoms with Crippen LogP contribution < -0.4 is 4.90 Å². The Morgan fingerprint density at radius 3 is 2.44 bits per heavy atom. The van der Waals surface area contributed by atoms with Crippen LogP contribution in [-0.4, -0.2) is 34.7 Å². The second-order valence-electron chi connectivity index (χ2n) is 7.11. The molecule has 1 aliphatic rings. The maximum absolute atomic E-state index is 14.3. The van der Waals surface area contributed by atoms with E-state index in [1.54, 1.807) is 0 Å². The lowest BCUT2D eigenvalue weighted by molar-refractivity contribution is -0.124. The Morgan fingerprint density at radius 1 is 1.26 bits per heavy atom. The fourth-order valence-electron chi connectivity index (χ4n) is 3.52. The molecule has 1 amide bonds. The van der Waals surface area contributed by atoms with Crippen molar-refractivity contribution in [1.82, 2.24) is 9.88 Å². The molecule has 13 heteroatoms. The van der Waals surface area contributed by atoms with E-state index in [0.717, 1.165) is 4.90 Å². The SMILES string of the molecule is CC.N#CN1CCCC1C(=O)N(c1ccc(S(F)(F)(F)(F)F)c(F)c1)C(C=O)c1cccnc1. The van der Waals surface area contributed by atoms with Gasteiger partial charge in [-0.3, -0.25) is 19.6 Å². The molecule has 1 aromatic heterocycles. The van der Waals surface area contributed by atoms with E-state index in [2.05, 4.69) is 4.98 Å². The first kappa shape index (κ1) is 27.0. The molecule has 0 spiro atoms. The van der Waals surface area contributed by atoms with Crippen LogP contribution in [0.5, 0.6) is 0 Å². The number of carbonyl (C=O) groups is 2. The normalized spacial score (nSPS) is 18.4. The van der Waals surface area contributed by atoms with E-state index in [1.807, 2.05) is 20.0 Å². The van der Waals surface area contributed by atoms with Crippen LogP contribution in [0.1, 0.15) is 38.3 Å². The van der Waals surface area contributed by atoms with Crippen molar-refractivity contribution >= 4 is 28.1 Å². The Kier molecular flexibility index (Phi) is 7.28. The molecule has 0 saturated carbocycles. The number of rotatable bonds is 6. The van der Waals surface area contributed by atoms with Gasteiger partial charge in [-0.1, -0.05) is 39.3 Å². The third-order valence-corrected chi connectivity index (χ3v) is 6.11. The summed E-state index contributed by atoms with van der Waals surface area (Å²) in [6, 6.07) is 0.788. The summed E-state index contributed by atoms with van der Waals surface area (Å²) in [6.45, 7) is 4.23. The number of halogens is 6. The molecule has 1 fully saturated rings. The summed E-state index contributed by atoms with van der Waals surface area (Å²) in [7, 11) is -10.3. The molecule has 2 atom stereocenters. The monoisotopic (exact) mass is 508 g/mol. The van der Waals surface area contributed by atoms with Gasteiger partial charge in [0.2, 0.25) is 0 Å². The number of benzene rings is 1. The first-order chi connectivity index (χ1) is 15.8. The number of carbonyl (C=O) groups excluding carboxylic acids is 2. The highest BCUT2D eigenvalue weighted by atomic mass is 32.5. The lowest BCUT2D eigenvalue weighted by Gasteiger charge is -2.41. The number of amides is 1. The van der Waals surface area contributed by atoms with Gasteiger partial charge >= 0.3 is 10.2 Å². The summed E-state index contributed by atoms with van der Waals surface area (Å²) < 4.78 is 79.8. The number of pyridine rings is 1. The number of hydrogen-bond donors (Lipinski definition) is 0. The third kappa shape index (κ3) is 5.80. The van der Waals surface area contributed by atoms with E-state index in [0.29, 0.717) is 17.4 Å². The van der Waals surface area contributed by atoms with Gasteiger partial charge in [-0.25, -0.2) is 4.39 Å². The number of nitrogens with zero attached hydrogens (tertiary/aromatic N) is 4. The van der Waals surface area contributed by atoms with Crippen molar-refractivity contribution in [2.75, 3.05) is 11.4 Å². The summed E-state index contributed by atoms with van der Waals surface area (Å²) >= 11 is 0. The van der Waals surface area contributed by atoms with Gasteiger partial charge in [0.1, 0.15) is 29.1 Å². The smallest absolute Gasteiger partial charge is 0.301 e. The summed E-state index contributed by atoms with van der Waals surface area (Å²) in [5.41, 5.74) is -0.404.